The lowest BCUT2D eigenvalue weighted by atomic mass is 9.98. The SMILES string of the molecule is Cc1ccc(Cl)cc1-c1cccc(C(O)N2CCNCC2)c1. The molecule has 1 fully saturated rings. The second-order valence-corrected chi connectivity index (χ2v) is 6.18. The van der Waals surface area contributed by atoms with Crippen LogP contribution in [0.5, 0.6) is 0 Å². The van der Waals surface area contributed by atoms with Gasteiger partial charge < -0.3 is 10.4 Å². The Morgan fingerprint density at radius 3 is 2.68 bits per heavy atom. The van der Waals surface area contributed by atoms with Gasteiger partial charge in [0.2, 0.25) is 0 Å². The van der Waals surface area contributed by atoms with Gasteiger partial charge in [0.25, 0.3) is 0 Å². The van der Waals surface area contributed by atoms with E-state index in [-0.39, 0.29) is 0 Å². The van der Waals surface area contributed by atoms with E-state index in [4.69, 9.17) is 11.6 Å². The van der Waals surface area contributed by atoms with Crippen LogP contribution in [0.15, 0.2) is 42.5 Å². The summed E-state index contributed by atoms with van der Waals surface area (Å²) in [5.41, 5.74) is 4.31. The quantitative estimate of drug-likeness (QED) is 0.912. The molecule has 3 rings (SSSR count). The third-order valence-corrected chi connectivity index (χ3v) is 4.43. The molecule has 0 saturated carbocycles. The molecule has 1 saturated heterocycles. The predicted molar refractivity (Wildman–Crippen MR) is 91.0 cm³/mol. The second kappa shape index (κ2) is 6.80. The van der Waals surface area contributed by atoms with E-state index in [1.807, 2.05) is 30.3 Å². The van der Waals surface area contributed by atoms with Gasteiger partial charge in [-0.2, -0.15) is 0 Å². The van der Waals surface area contributed by atoms with Gasteiger partial charge in [0.15, 0.2) is 0 Å². The number of piperazine rings is 1. The van der Waals surface area contributed by atoms with E-state index in [0.717, 1.165) is 47.9 Å². The number of hydrogen-bond donors (Lipinski definition) is 2. The van der Waals surface area contributed by atoms with E-state index in [1.54, 1.807) is 0 Å². The first-order chi connectivity index (χ1) is 10.6. The first-order valence-corrected chi connectivity index (χ1v) is 8.02. The van der Waals surface area contributed by atoms with E-state index in [9.17, 15) is 5.11 Å². The fourth-order valence-electron chi connectivity index (χ4n) is 2.91. The maximum Gasteiger partial charge on any atom is 0.133 e. The summed E-state index contributed by atoms with van der Waals surface area (Å²) in [7, 11) is 0. The summed E-state index contributed by atoms with van der Waals surface area (Å²) in [6.45, 7) is 5.64. The molecule has 1 atom stereocenters. The summed E-state index contributed by atoms with van der Waals surface area (Å²) >= 11 is 6.13. The lowest BCUT2D eigenvalue weighted by molar-refractivity contribution is -0.00542. The van der Waals surface area contributed by atoms with Crippen LogP contribution in [0.3, 0.4) is 0 Å². The zero-order chi connectivity index (χ0) is 15.5. The van der Waals surface area contributed by atoms with Crippen LogP contribution in [0.25, 0.3) is 11.1 Å². The molecule has 22 heavy (non-hydrogen) atoms. The molecule has 1 aliphatic rings. The molecular weight excluding hydrogens is 296 g/mol. The van der Waals surface area contributed by atoms with Crippen molar-refractivity contribution < 1.29 is 5.11 Å². The van der Waals surface area contributed by atoms with Gasteiger partial charge in [0.1, 0.15) is 6.23 Å². The largest absolute Gasteiger partial charge is 0.374 e. The number of rotatable bonds is 3. The van der Waals surface area contributed by atoms with E-state index in [0.29, 0.717) is 0 Å². The van der Waals surface area contributed by atoms with E-state index in [1.165, 1.54) is 5.56 Å². The van der Waals surface area contributed by atoms with Gasteiger partial charge in [0, 0.05) is 31.2 Å². The lowest BCUT2D eigenvalue weighted by Gasteiger charge is -2.32. The highest BCUT2D eigenvalue weighted by Crippen LogP contribution is 2.29. The second-order valence-electron chi connectivity index (χ2n) is 5.74. The van der Waals surface area contributed by atoms with Gasteiger partial charge in [-0.1, -0.05) is 35.9 Å². The highest BCUT2D eigenvalue weighted by molar-refractivity contribution is 6.30. The molecule has 4 heteroatoms. The third kappa shape index (κ3) is 3.33. The van der Waals surface area contributed by atoms with Gasteiger partial charge in [-0.3, -0.25) is 4.90 Å². The zero-order valence-electron chi connectivity index (χ0n) is 12.7. The average molecular weight is 317 g/mol. The monoisotopic (exact) mass is 316 g/mol. The van der Waals surface area contributed by atoms with Crippen molar-refractivity contribution >= 4 is 11.6 Å². The summed E-state index contributed by atoms with van der Waals surface area (Å²) < 4.78 is 0. The Morgan fingerprint density at radius 2 is 1.91 bits per heavy atom. The minimum Gasteiger partial charge on any atom is -0.374 e. The molecule has 2 aromatic carbocycles. The van der Waals surface area contributed by atoms with Gasteiger partial charge in [-0.15, -0.1) is 0 Å². The molecule has 0 bridgehead atoms. The standard InChI is InChI=1S/C18H21ClN2O/c1-13-5-6-16(19)12-17(13)14-3-2-4-15(11-14)18(22)21-9-7-20-8-10-21/h2-6,11-12,18,20,22H,7-10H2,1H3. The van der Waals surface area contributed by atoms with Crippen molar-refractivity contribution in [3.8, 4) is 11.1 Å². The Labute approximate surface area is 136 Å². The van der Waals surface area contributed by atoms with Crippen molar-refractivity contribution in [3.05, 3.63) is 58.6 Å². The molecule has 2 aromatic rings. The minimum absolute atomic E-state index is 0.554. The van der Waals surface area contributed by atoms with Crippen LogP contribution in [0.4, 0.5) is 0 Å². The van der Waals surface area contributed by atoms with Crippen LogP contribution in [0.1, 0.15) is 17.4 Å². The number of aliphatic hydroxyl groups excluding tert-OH is 1. The molecule has 116 valence electrons. The van der Waals surface area contributed by atoms with Gasteiger partial charge in [0.05, 0.1) is 0 Å². The first kappa shape index (κ1) is 15.5. The minimum atomic E-state index is -0.554. The number of aliphatic hydroxyl groups is 1. The summed E-state index contributed by atoms with van der Waals surface area (Å²) in [5, 5.41) is 14.6. The number of halogens is 1. The molecule has 0 amide bonds. The Hall–Kier alpha value is -1.39. The highest BCUT2D eigenvalue weighted by Gasteiger charge is 2.19. The third-order valence-electron chi connectivity index (χ3n) is 4.19. The average Bonchev–Trinajstić information content (AvgIpc) is 2.57. The molecule has 0 spiro atoms. The number of benzene rings is 2. The maximum atomic E-state index is 10.6. The first-order valence-electron chi connectivity index (χ1n) is 7.64. The van der Waals surface area contributed by atoms with Crippen molar-refractivity contribution in [1.29, 1.82) is 0 Å². The molecule has 3 nitrogen and oxygen atoms in total. The molecule has 0 aromatic heterocycles. The zero-order valence-corrected chi connectivity index (χ0v) is 13.5. The van der Waals surface area contributed by atoms with Crippen LogP contribution < -0.4 is 5.32 Å². The van der Waals surface area contributed by atoms with Crippen LogP contribution in [0, 0.1) is 6.92 Å². The Kier molecular flexibility index (Phi) is 4.79. The van der Waals surface area contributed by atoms with Crippen molar-refractivity contribution in [3.63, 3.8) is 0 Å². The molecule has 1 unspecified atom stereocenters. The van der Waals surface area contributed by atoms with Crippen LogP contribution >= 0.6 is 11.6 Å². The normalized spacial score (nSPS) is 17.4. The number of nitrogens with zero attached hydrogens (tertiary/aromatic N) is 1. The maximum absolute atomic E-state index is 10.6. The fourth-order valence-corrected chi connectivity index (χ4v) is 3.08. The molecule has 1 heterocycles. The molecule has 0 radical (unpaired) electrons. The summed E-state index contributed by atoms with van der Waals surface area (Å²) in [6.07, 6.45) is -0.554. The van der Waals surface area contributed by atoms with Crippen molar-refractivity contribution in [1.82, 2.24) is 10.2 Å². The smallest absolute Gasteiger partial charge is 0.133 e. The van der Waals surface area contributed by atoms with Crippen LogP contribution in [-0.4, -0.2) is 36.2 Å². The number of aryl methyl sites for hydroxylation is 1. The van der Waals surface area contributed by atoms with Gasteiger partial charge in [-0.25, -0.2) is 0 Å². The predicted octanol–water partition coefficient (Wildman–Crippen LogP) is 3.21. The topological polar surface area (TPSA) is 35.5 Å². The lowest BCUT2D eigenvalue weighted by Crippen LogP contribution is -2.45. The summed E-state index contributed by atoms with van der Waals surface area (Å²) in [5.74, 6) is 0. The molecular formula is C18H21ClN2O. The van der Waals surface area contributed by atoms with E-state index in [2.05, 4.69) is 29.3 Å². The Morgan fingerprint density at radius 1 is 1.14 bits per heavy atom. The van der Waals surface area contributed by atoms with Gasteiger partial charge in [-0.05, 0) is 47.4 Å². The van der Waals surface area contributed by atoms with Gasteiger partial charge >= 0.3 is 0 Å². The van der Waals surface area contributed by atoms with Crippen molar-refractivity contribution in [2.45, 2.75) is 13.2 Å². The van der Waals surface area contributed by atoms with Crippen molar-refractivity contribution in [2.24, 2.45) is 0 Å². The molecule has 1 aliphatic heterocycles. The summed E-state index contributed by atoms with van der Waals surface area (Å²) in [6, 6.07) is 14.0. The van der Waals surface area contributed by atoms with Crippen LogP contribution in [-0.2, 0) is 0 Å². The molecule has 0 aliphatic carbocycles. The highest BCUT2D eigenvalue weighted by atomic mass is 35.5. The van der Waals surface area contributed by atoms with Crippen LogP contribution in [0.2, 0.25) is 5.02 Å². The number of hydrogen-bond acceptors (Lipinski definition) is 3. The van der Waals surface area contributed by atoms with E-state index < -0.39 is 6.23 Å². The summed E-state index contributed by atoms with van der Waals surface area (Å²) in [4.78, 5) is 2.10. The number of nitrogens with one attached hydrogen (secondary N) is 1. The van der Waals surface area contributed by atoms with E-state index >= 15 is 0 Å². The Bertz CT molecular complexity index is 653. The fraction of sp³-hybridized carbons (Fsp3) is 0.333. The Balaban J connectivity index is 1.90. The van der Waals surface area contributed by atoms with Crippen molar-refractivity contribution in [2.75, 3.05) is 26.2 Å². The molecule has 2 N–H and O–H groups in total.